The molecule has 1 N–H and O–H groups in total. The number of hydrogen-bond acceptors (Lipinski definition) is 7. The molecule has 3 heterocycles. The third-order valence-electron chi connectivity index (χ3n) is 4.19. The van der Waals surface area contributed by atoms with Crippen LogP contribution in [0.3, 0.4) is 0 Å². The number of nitrogens with one attached hydrogen (secondary N) is 1. The quantitative estimate of drug-likeness (QED) is 0.649. The Kier molecular flexibility index (Phi) is 5.01. The lowest BCUT2D eigenvalue weighted by Gasteiger charge is -2.27. The minimum atomic E-state index is 0.000448. The molecule has 0 spiro atoms. The van der Waals surface area contributed by atoms with Crippen molar-refractivity contribution in [2.45, 2.75) is 0 Å². The summed E-state index contributed by atoms with van der Waals surface area (Å²) in [6, 6.07) is 9.62. The third-order valence-corrected chi connectivity index (χ3v) is 5.68. The molecule has 1 fully saturated rings. The summed E-state index contributed by atoms with van der Waals surface area (Å²) in [4.78, 5) is 14.6. The summed E-state index contributed by atoms with van der Waals surface area (Å²) in [7, 11) is 0. The summed E-state index contributed by atoms with van der Waals surface area (Å²) >= 11 is 2.84. The molecule has 0 unspecified atom stereocenters. The van der Waals surface area contributed by atoms with Crippen molar-refractivity contribution in [1.29, 1.82) is 0 Å². The van der Waals surface area contributed by atoms with Crippen molar-refractivity contribution < 1.29 is 9.15 Å². The van der Waals surface area contributed by atoms with Gasteiger partial charge in [-0.2, -0.15) is 0 Å². The number of morpholine rings is 1. The standard InChI is InChI=1S/C19H18N2O3S2/c1-2-26-20-14-5-3-4-13(10-14)15-12-25-19-16(22)11-17(24-18(15)19)21-6-8-23-9-7-21/h2-5,10-12,20H,1,6-9H2. The van der Waals surface area contributed by atoms with Crippen LogP contribution in [0.4, 0.5) is 11.6 Å². The van der Waals surface area contributed by atoms with Crippen molar-refractivity contribution in [3.8, 4) is 11.1 Å². The van der Waals surface area contributed by atoms with E-state index in [1.54, 1.807) is 11.5 Å². The third kappa shape index (κ3) is 3.38. The molecule has 0 atom stereocenters. The average Bonchev–Trinajstić information content (AvgIpc) is 3.12. The molecule has 0 saturated carbocycles. The van der Waals surface area contributed by atoms with Gasteiger partial charge in [0, 0.05) is 35.8 Å². The van der Waals surface area contributed by atoms with Crippen LogP contribution in [0.1, 0.15) is 0 Å². The average molecular weight is 386 g/mol. The summed E-state index contributed by atoms with van der Waals surface area (Å²) in [6.45, 7) is 6.44. The fourth-order valence-corrected chi connectivity index (χ4v) is 4.19. The maximum Gasteiger partial charge on any atom is 0.204 e. The zero-order valence-corrected chi connectivity index (χ0v) is 15.7. The number of hydrogen-bond donors (Lipinski definition) is 1. The first-order valence-electron chi connectivity index (χ1n) is 8.27. The lowest BCUT2D eigenvalue weighted by atomic mass is 10.1. The number of fused-ring (bicyclic) bond motifs is 1. The molecular formula is C19H18N2O3S2. The second-order valence-electron chi connectivity index (χ2n) is 5.82. The molecular weight excluding hydrogens is 368 g/mol. The van der Waals surface area contributed by atoms with Gasteiger partial charge in [0.05, 0.1) is 13.2 Å². The second kappa shape index (κ2) is 7.57. The van der Waals surface area contributed by atoms with E-state index in [4.69, 9.17) is 9.15 Å². The molecule has 0 radical (unpaired) electrons. The summed E-state index contributed by atoms with van der Waals surface area (Å²) in [5.74, 6) is 0.613. The topological polar surface area (TPSA) is 54.7 Å². The lowest BCUT2D eigenvalue weighted by molar-refractivity contribution is 0.121. The fourth-order valence-electron chi connectivity index (χ4n) is 2.93. The van der Waals surface area contributed by atoms with Crippen LogP contribution < -0.4 is 15.1 Å². The van der Waals surface area contributed by atoms with Gasteiger partial charge in [-0.25, -0.2) is 0 Å². The van der Waals surface area contributed by atoms with Crippen molar-refractivity contribution in [3.63, 3.8) is 0 Å². The van der Waals surface area contributed by atoms with Crippen LogP contribution in [0.15, 0.2) is 56.9 Å². The van der Waals surface area contributed by atoms with E-state index in [1.165, 1.54) is 23.3 Å². The first-order chi connectivity index (χ1) is 12.8. The minimum Gasteiger partial charge on any atom is -0.439 e. The summed E-state index contributed by atoms with van der Waals surface area (Å²) in [6.07, 6.45) is 0. The Morgan fingerprint density at radius 3 is 2.92 bits per heavy atom. The normalized spacial score (nSPS) is 14.5. The van der Waals surface area contributed by atoms with Gasteiger partial charge in [0.2, 0.25) is 5.43 Å². The van der Waals surface area contributed by atoms with E-state index in [0.717, 1.165) is 29.9 Å². The second-order valence-corrected chi connectivity index (χ2v) is 7.48. The Morgan fingerprint density at radius 2 is 2.12 bits per heavy atom. The molecule has 1 saturated heterocycles. The molecule has 26 heavy (non-hydrogen) atoms. The number of anilines is 2. The fraction of sp³-hybridized carbons (Fsp3) is 0.211. The molecule has 1 aliphatic heterocycles. The Morgan fingerprint density at radius 1 is 1.27 bits per heavy atom. The maximum absolute atomic E-state index is 12.6. The van der Waals surface area contributed by atoms with E-state index < -0.39 is 0 Å². The smallest absolute Gasteiger partial charge is 0.204 e. The predicted octanol–water partition coefficient (Wildman–Crippen LogP) is 4.56. The molecule has 0 bridgehead atoms. The van der Waals surface area contributed by atoms with Crippen LogP contribution in [0, 0.1) is 0 Å². The van der Waals surface area contributed by atoms with Gasteiger partial charge >= 0.3 is 0 Å². The molecule has 2 aromatic heterocycles. The van der Waals surface area contributed by atoms with E-state index in [1.807, 2.05) is 29.6 Å². The Hall–Kier alpha value is -2.22. The van der Waals surface area contributed by atoms with E-state index in [0.29, 0.717) is 29.4 Å². The van der Waals surface area contributed by atoms with E-state index >= 15 is 0 Å². The van der Waals surface area contributed by atoms with Crippen molar-refractivity contribution in [2.75, 3.05) is 35.9 Å². The van der Waals surface area contributed by atoms with Crippen LogP contribution in [0.2, 0.25) is 0 Å². The Bertz CT molecular complexity index is 990. The molecule has 0 aliphatic carbocycles. The highest BCUT2D eigenvalue weighted by molar-refractivity contribution is 8.03. The molecule has 1 aromatic carbocycles. The van der Waals surface area contributed by atoms with Gasteiger partial charge in [0.1, 0.15) is 4.70 Å². The van der Waals surface area contributed by atoms with Crippen LogP contribution in [0.25, 0.3) is 21.4 Å². The Labute approximate surface area is 159 Å². The van der Waals surface area contributed by atoms with Crippen LogP contribution >= 0.6 is 23.3 Å². The van der Waals surface area contributed by atoms with E-state index in [-0.39, 0.29) is 5.43 Å². The van der Waals surface area contributed by atoms with Gasteiger partial charge in [0.15, 0.2) is 11.5 Å². The van der Waals surface area contributed by atoms with E-state index in [9.17, 15) is 4.79 Å². The van der Waals surface area contributed by atoms with Gasteiger partial charge in [-0.1, -0.05) is 18.7 Å². The van der Waals surface area contributed by atoms with Gasteiger partial charge in [-0.15, -0.1) is 11.3 Å². The van der Waals surface area contributed by atoms with Crippen molar-refractivity contribution >= 4 is 45.1 Å². The molecule has 5 nitrogen and oxygen atoms in total. The SMILES string of the molecule is C=CSNc1cccc(-c2csc3c(=O)cc(N4CCOCC4)oc23)c1. The van der Waals surface area contributed by atoms with Gasteiger partial charge < -0.3 is 18.8 Å². The van der Waals surface area contributed by atoms with Crippen molar-refractivity contribution in [3.05, 3.63) is 57.9 Å². The largest absolute Gasteiger partial charge is 0.439 e. The van der Waals surface area contributed by atoms with E-state index in [2.05, 4.69) is 16.2 Å². The first kappa shape index (κ1) is 17.2. The number of nitrogens with zero attached hydrogens (tertiary/aromatic N) is 1. The predicted molar refractivity (Wildman–Crippen MR) is 110 cm³/mol. The number of thiophene rings is 1. The highest BCUT2D eigenvalue weighted by Gasteiger charge is 2.18. The minimum absolute atomic E-state index is 0.000448. The molecule has 7 heteroatoms. The molecule has 4 rings (SSSR count). The number of ether oxygens (including phenoxy) is 1. The molecule has 1 aliphatic rings. The lowest BCUT2D eigenvalue weighted by Crippen LogP contribution is -2.36. The molecule has 0 amide bonds. The van der Waals surface area contributed by atoms with Gasteiger partial charge in [-0.05, 0) is 35.1 Å². The maximum atomic E-state index is 12.6. The monoisotopic (exact) mass is 386 g/mol. The summed E-state index contributed by atoms with van der Waals surface area (Å²) in [5.41, 5.74) is 3.56. The van der Waals surface area contributed by atoms with Crippen LogP contribution in [0.5, 0.6) is 0 Å². The first-order valence-corrected chi connectivity index (χ1v) is 10.0. The zero-order valence-electron chi connectivity index (χ0n) is 14.1. The molecule has 134 valence electrons. The van der Waals surface area contributed by atoms with Gasteiger partial charge in [-0.3, -0.25) is 4.79 Å². The summed E-state index contributed by atoms with van der Waals surface area (Å²) in [5, 5.41) is 3.72. The highest BCUT2D eigenvalue weighted by atomic mass is 32.2. The molecule has 3 aromatic rings. The van der Waals surface area contributed by atoms with Gasteiger partial charge in [0.25, 0.3) is 0 Å². The zero-order chi connectivity index (χ0) is 17.9. The Balaban J connectivity index is 1.77. The van der Waals surface area contributed by atoms with Crippen LogP contribution in [-0.4, -0.2) is 26.3 Å². The number of rotatable bonds is 5. The van der Waals surface area contributed by atoms with Crippen molar-refractivity contribution in [1.82, 2.24) is 0 Å². The van der Waals surface area contributed by atoms with Crippen LogP contribution in [-0.2, 0) is 4.74 Å². The summed E-state index contributed by atoms with van der Waals surface area (Å²) < 4.78 is 15.4. The highest BCUT2D eigenvalue weighted by Crippen LogP contribution is 2.35. The van der Waals surface area contributed by atoms with Crippen molar-refractivity contribution in [2.24, 2.45) is 0 Å². The number of benzene rings is 1.